The summed E-state index contributed by atoms with van der Waals surface area (Å²) in [5.74, 6) is 2.86. The van der Waals surface area contributed by atoms with E-state index < -0.39 is 0 Å². The fourth-order valence-corrected chi connectivity index (χ4v) is 4.58. The molecule has 104 valence electrons. The smallest absolute Gasteiger partial charge is 0.0131 e. The van der Waals surface area contributed by atoms with E-state index in [9.17, 15) is 0 Å². The first kappa shape index (κ1) is 13.2. The molecule has 2 fully saturated rings. The molecule has 0 spiro atoms. The number of rotatable bonds is 2. The van der Waals surface area contributed by atoms with Gasteiger partial charge in [-0.15, -0.1) is 0 Å². The van der Waals surface area contributed by atoms with Crippen molar-refractivity contribution in [2.75, 3.05) is 0 Å². The minimum absolute atomic E-state index is 0.859. The summed E-state index contributed by atoms with van der Waals surface area (Å²) in [7, 11) is 0. The number of hydrogen-bond acceptors (Lipinski definition) is 0. The van der Waals surface area contributed by atoms with E-state index in [1.807, 2.05) is 0 Å². The van der Waals surface area contributed by atoms with Crippen molar-refractivity contribution in [3.05, 3.63) is 35.9 Å². The monoisotopic (exact) mass is 256 g/mol. The van der Waals surface area contributed by atoms with Gasteiger partial charge in [0.2, 0.25) is 0 Å². The summed E-state index contributed by atoms with van der Waals surface area (Å²) in [6, 6.07) is 11.4. The zero-order valence-corrected chi connectivity index (χ0v) is 12.2. The quantitative estimate of drug-likeness (QED) is 0.575. The Balaban J connectivity index is 1.76. The molecule has 0 aromatic heterocycles. The van der Waals surface area contributed by atoms with Crippen LogP contribution >= 0.6 is 0 Å². The molecule has 1 aromatic carbocycles. The van der Waals surface area contributed by atoms with Crippen LogP contribution in [0.15, 0.2) is 30.3 Å². The Labute approximate surface area is 118 Å². The third-order valence-electron chi connectivity index (χ3n) is 5.55. The minimum atomic E-state index is 0.859. The second kappa shape index (κ2) is 6.59. The van der Waals surface area contributed by atoms with Crippen LogP contribution in [0.4, 0.5) is 0 Å². The molecule has 2 aliphatic carbocycles. The van der Waals surface area contributed by atoms with Gasteiger partial charge in [-0.3, -0.25) is 0 Å². The van der Waals surface area contributed by atoms with E-state index >= 15 is 0 Å². The highest BCUT2D eigenvalue weighted by molar-refractivity contribution is 5.21. The molecule has 0 nitrogen and oxygen atoms in total. The van der Waals surface area contributed by atoms with Crippen molar-refractivity contribution in [3.63, 3.8) is 0 Å². The third-order valence-corrected chi connectivity index (χ3v) is 5.55. The van der Waals surface area contributed by atoms with Crippen molar-refractivity contribution in [1.29, 1.82) is 0 Å². The van der Waals surface area contributed by atoms with Gasteiger partial charge in [0.15, 0.2) is 0 Å². The van der Waals surface area contributed by atoms with E-state index in [4.69, 9.17) is 0 Å². The Kier molecular flexibility index (Phi) is 4.58. The van der Waals surface area contributed by atoms with E-state index in [2.05, 4.69) is 30.3 Å². The van der Waals surface area contributed by atoms with Crippen LogP contribution < -0.4 is 0 Å². The molecule has 0 N–H and O–H groups in total. The lowest BCUT2D eigenvalue weighted by Crippen LogP contribution is -2.25. The molecule has 0 heteroatoms. The van der Waals surface area contributed by atoms with Gasteiger partial charge >= 0.3 is 0 Å². The standard InChI is InChI=1S/C19H28/c1-2-5-11-16(10-4-1)18-14-8-9-15-19(18)17-12-6-3-7-13-17/h3,6-7,12-13,16,18-19H,1-2,4-5,8-11,14-15H2. The fourth-order valence-electron chi connectivity index (χ4n) is 4.58. The van der Waals surface area contributed by atoms with Crippen molar-refractivity contribution >= 4 is 0 Å². The molecule has 0 bridgehead atoms. The summed E-state index contributed by atoms with van der Waals surface area (Å²) >= 11 is 0. The zero-order valence-electron chi connectivity index (χ0n) is 12.2. The SMILES string of the molecule is c1ccc(C2CCCCC2C2CCCCCC2)cc1. The summed E-state index contributed by atoms with van der Waals surface area (Å²) in [6.07, 6.45) is 14.8. The van der Waals surface area contributed by atoms with Crippen molar-refractivity contribution < 1.29 is 0 Å². The van der Waals surface area contributed by atoms with Crippen LogP contribution in [-0.4, -0.2) is 0 Å². The average Bonchev–Trinajstić information content (AvgIpc) is 2.77. The topological polar surface area (TPSA) is 0 Å². The second-order valence-electron chi connectivity index (χ2n) is 6.72. The first-order chi connectivity index (χ1) is 9.45. The molecule has 2 aliphatic rings. The van der Waals surface area contributed by atoms with Gasteiger partial charge in [-0.05, 0) is 36.2 Å². The fraction of sp³-hybridized carbons (Fsp3) is 0.684. The van der Waals surface area contributed by atoms with Crippen LogP contribution in [0, 0.1) is 11.8 Å². The van der Waals surface area contributed by atoms with Crippen LogP contribution in [0.25, 0.3) is 0 Å². The van der Waals surface area contributed by atoms with Gasteiger partial charge in [0.05, 0.1) is 0 Å². The van der Waals surface area contributed by atoms with Gasteiger partial charge < -0.3 is 0 Å². The first-order valence-electron chi connectivity index (χ1n) is 8.50. The van der Waals surface area contributed by atoms with Crippen molar-refractivity contribution in [1.82, 2.24) is 0 Å². The molecule has 19 heavy (non-hydrogen) atoms. The minimum Gasteiger partial charge on any atom is -0.0622 e. The van der Waals surface area contributed by atoms with Crippen molar-refractivity contribution in [2.45, 2.75) is 70.1 Å². The van der Waals surface area contributed by atoms with E-state index in [-0.39, 0.29) is 0 Å². The summed E-state index contributed by atoms with van der Waals surface area (Å²) in [5, 5.41) is 0. The maximum atomic E-state index is 2.37. The predicted molar refractivity (Wildman–Crippen MR) is 82.3 cm³/mol. The Hall–Kier alpha value is -0.780. The average molecular weight is 256 g/mol. The molecule has 0 radical (unpaired) electrons. The molecule has 2 atom stereocenters. The van der Waals surface area contributed by atoms with Gasteiger partial charge in [0, 0.05) is 0 Å². The van der Waals surface area contributed by atoms with Gasteiger partial charge in [-0.2, -0.15) is 0 Å². The Bertz CT molecular complexity index is 359. The maximum Gasteiger partial charge on any atom is -0.0131 e. The van der Waals surface area contributed by atoms with Crippen LogP contribution in [0.2, 0.25) is 0 Å². The Morgan fingerprint density at radius 2 is 1.26 bits per heavy atom. The number of hydrogen-bond donors (Lipinski definition) is 0. The van der Waals surface area contributed by atoms with E-state index in [0.717, 1.165) is 17.8 Å². The van der Waals surface area contributed by atoms with E-state index in [1.165, 1.54) is 64.2 Å². The highest BCUT2D eigenvalue weighted by atomic mass is 14.4. The Morgan fingerprint density at radius 1 is 0.632 bits per heavy atom. The van der Waals surface area contributed by atoms with Gasteiger partial charge in [-0.25, -0.2) is 0 Å². The van der Waals surface area contributed by atoms with Crippen molar-refractivity contribution in [3.8, 4) is 0 Å². The van der Waals surface area contributed by atoms with Gasteiger partial charge in [0.25, 0.3) is 0 Å². The summed E-state index contributed by atoms with van der Waals surface area (Å²) in [6.45, 7) is 0. The summed E-state index contributed by atoms with van der Waals surface area (Å²) in [5.41, 5.74) is 1.62. The molecule has 0 aliphatic heterocycles. The Morgan fingerprint density at radius 3 is 2.00 bits per heavy atom. The van der Waals surface area contributed by atoms with Gasteiger partial charge in [0.1, 0.15) is 0 Å². The van der Waals surface area contributed by atoms with Crippen LogP contribution in [0.3, 0.4) is 0 Å². The van der Waals surface area contributed by atoms with Crippen molar-refractivity contribution in [2.24, 2.45) is 11.8 Å². The highest BCUT2D eigenvalue weighted by Gasteiger charge is 2.32. The first-order valence-corrected chi connectivity index (χ1v) is 8.50. The zero-order chi connectivity index (χ0) is 12.9. The van der Waals surface area contributed by atoms with Crippen LogP contribution in [-0.2, 0) is 0 Å². The van der Waals surface area contributed by atoms with Crippen LogP contribution in [0.1, 0.15) is 75.7 Å². The normalized spacial score (nSPS) is 29.9. The molecular weight excluding hydrogens is 228 g/mol. The molecule has 2 unspecified atom stereocenters. The molecule has 2 saturated carbocycles. The molecule has 0 amide bonds. The molecule has 0 saturated heterocycles. The lowest BCUT2D eigenvalue weighted by atomic mass is 9.68. The third kappa shape index (κ3) is 3.22. The second-order valence-corrected chi connectivity index (χ2v) is 6.72. The molecule has 0 heterocycles. The summed E-state index contributed by atoms with van der Waals surface area (Å²) in [4.78, 5) is 0. The molecule has 1 aromatic rings. The van der Waals surface area contributed by atoms with Gasteiger partial charge in [-0.1, -0.05) is 81.7 Å². The van der Waals surface area contributed by atoms with E-state index in [1.54, 1.807) is 5.56 Å². The van der Waals surface area contributed by atoms with Crippen LogP contribution in [0.5, 0.6) is 0 Å². The maximum absolute atomic E-state index is 2.37. The highest BCUT2D eigenvalue weighted by Crippen LogP contribution is 2.45. The molecular formula is C19H28. The van der Waals surface area contributed by atoms with E-state index in [0.29, 0.717) is 0 Å². The largest absolute Gasteiger partial charge is 0.0622 e. The summed E-state index contributed by atoms with van der Waals surface area (Å²) < 4.78 is 0. The number of benzene rings is 1. The lowest BCUT2D eigenvalue weighted by Gasteiger charge is -2.37. The predicted octanol–water partition coefficient (Wildman–Crippen LogP) is 5.93. The molecule has 3 rings (SSSR count). The lowest BCUT2D eigenvalue weighted by molar-refractivity contribution is 0.195.